The van der Waals surface area contributed by atoms with Gasteiger partial charge in [0.15, 0.2) is 0 Å². The van der Waals surface area contributed by atoms with E-state index >= 15 is 0 Å². The summed E-state index contributed by atoms with van der Waals surface area (Å²) in [6.45, 7) is 4.37. The number of carbonyl (C=O) groups is 1. The van der Waals surface area contributed by atoms with Crippen molar-refractivity contribution < 1.29 is 9.90 Å². The lowest BCUT2D eigenvalue weighted by atomic mass is 9.77. The van der Waals surface area contributed by atoms with Crippen LogP contribution < -0.4 is 0 Å². The molecular formula is C15H25IO2. The molecule has 0 radical (unpaired) electrons. The molecule has 1 fully saturated rings. The summed E-state index contributed by atoms with van der Waals surface area (Å²) >= 11 is 2.56. The zero-order chi connectivity index (χ0) is 13.5. The first kappa shape index (κ1) is 16.0. The summed E-state index contributed by atoms with van der Waals surface area (Å²) < 4.78 is 0.638. The van der Waals surface area contributed by atoms with Gasteiger partial charge in [-0.3, -0.25) is 4.79 Å². The maximum atomic E-state index is 11.0. The second-order valence-corrected chi connectivity index (χ2v) is 6.79. The molecule has 18 heavy (non-hydrogen) atoms. The number of aliphatic carboxylic acids is 1. The van der Waals surface area contributed by atoms with Crippen molar-refractivity contribution >= 4 is 28.6 Å². The molecule has 0 heterocycles. The fourth-order valence-corrected chi connectivity index (χ4v) is 4.20. The van der Waals surface area contributed by atoms with E-state index in [9.17, 15) is 4.79 Å². The minimum atomic E-state index is -0.604. The maximum absolute atomic E-state index is 11.0. The SMILES string of the molecule is CC=C(C(I)CCCC)C1CCC(C(=O)O)CC1. The average molecular weight is 364 g/mol. The molecule has 1 atom stereocenters. The fourth-order valence-electron chi connectivity index (χ4n) is 2.90. The van der Waals surface area contributed by atoms with Gasteiger partial charge in [-0.2, -0.15) is 0 Å². The van der Waals surface area contributed by atoms with E-state index in [1.807, 2.05) is 0 Å². The minimum Gasteiger partial charge on any atom is -0.481 e. The Labute approximate surface area is 124 Å². The lowest BCUT2D eigenvalue weighted by Gasteiger charge is -2.30. The summed E-state index contributed by atoms with van der Waals surface area (Å²) in [5, 5.41) is 9.03. The third-order valence-electron chi connectivity index (χ3n) is 4.05. The molecule has 2 nitrogen and oxygen atoms in total. The van der Waals surface area contributed by atoms with E-state index in [1.54, 1.807) is 5.57 Å². The maximum Gasteiger partial charge on any atom is 0.306 e. The van der Waals surface area contributed by atoms with Crippen LogP contribution in [0.2, 0.25) is 0 Å². The first-order valence-electron chi connectivity index (χ1n) is 7.13. The first-order valence-corrected chi connectivity index (χ1v) is 8.37. The van der Waals surface area contributed by atoms with E-state index in [1.165, 1.54) is 19.3 Å². The Kier molecular flexibility index (Phi) is 7.27. The summed E-state index contributed by atoms with van der Waals surface area (Å²) in [5.41, 5.74) is 1.56. The van der Waals surface area contributed by atoms with Gasteiger partial charge in [0.2, 0.25) is 0 Å². The van der Waals surface area contributed by atoms with Crippen LogP contribution in [0.25, 0.3) is 0 Å². The van der Waals surface area contributed by atoms with Crippen molar-refractivity contribution in [1.29, 1.82) is 0 Å². The van der Waals surface area contributed by atoms with E-state index in [2.05, 4.69) is 42.5 Å². The van der Waals surface area contributed by atoms with Crippen molar-refractivity contribution in [3.8, 4) is 0 Å². The molecular weight excluding hydrogens is 339 g/mol. The molecule has 0 aromatic heterocycles. The summed E-state index contributed by atoms with van der Waals surface area (Å²) in [4.78, 5) is 11.0. The molecule has 0 aromatic rings. The number of carboxylic acids is 1. The molecule has 0 amide bonds. The Bertz CT molecular complexity index is 291. The molecule has 0 aromatic carbocycles. The minimum absolute atomic E-state index is 0.0948. The van der Waals surface area contributed by atoms with Gasteiger partial charge in [-0.05, 0) is 44.9 Å². The number of alkyl halides is 1. The number of unbranched alkanes of at least 4 members (excludes halogenated alkanes) is 1. The Hall–Kier alpha value is -0.0600. The van der Waals surface area contributed by atoms with Crippen LogP contribution in [0, 0.1) is 11.8 Å². The van der Waals surface area contributed by atoms with E-state index < -0.39 is 5.97 Å². The Morgan fingerprint density at radius 1 is 1.33 bits per heavy atom. The van der Waals surface area contributed by atoms with Gasteiger partial charge in [0, 0.05) is 3.92 Å². The van der Waals surface area contributed by atoms with Crippen molar-refractivity contribution in [2.75, 3.05) is 0 Å². The number of carboxylic acid groups (broad SMARTS) is 1. The molecule has 1 saturated carbocycles. The highest BCUT2D eigenvalue weighted by atomic mass is 127. The fraction of sp³-hybridized carbons (Fsp3) is 0.800. The van der Waals surface area contributed by atoms with Crippen LogP contribution in [-0.4, -0.2) is 15.0 Å². The normalized spacial score (nSPS) is 26.9. The molecule has 0 spiro atoms. The van der Waals surface area contributed by atoms with Crippen molar-refractivity contribution in [3.63, 3.8) is 0 Å². The molecule has 1 aliphatic carbocycles. The van der Waals surface area contributed by atoms with Crippen LogP contribution >= 0.6 is 22.6 Å². The van der Waals surface area contributed by atoms with Gasteiger partial charge >= 0.3 is 5.97 Å². The second-order valence-electron chi connectivity index (χ2n) is 5.29. The lowest BCUT2D eigenvalue weighted by molar-refractivity contribution is -0.143. The summed E-state index contributed by atoms with van der Waals surface area (Å²) in [6, 6.07) is 0. The van der Waals surface area contributed by atoms with E-state index in [0.717, 1.165) is 25.7 Å². The third kappa shape index (κ3) is 4.56. The average Bonchev–Trinajstić information content (AvgIpc) is 2.37. The summed E-state index contributed by atoms with van der Waals surface area (Å²) in [7, 11) is 0. The summed E-state index contributed by atoms with van der Waals surface area (Å²) in [5.74, 6) is -0.0699. The monoisotopic (exact) mass is 364 g/mol. The van der Waals surface area contributed by atoms with Gasteiger partial charge in [-0.15, -0.1) is 0 Å². The Morgan fingerprint density at radius 2 is 1.89 bits per heavy atom. The standard InChI is InChI=1S/C15H25IO2/c1-3-5-6-14(16)13(4-2)11-7-9-12(10-8-11)15(17)18/h4,11-12,14H,3,5-10H2,1-2H3,(H,17,18). The molecule has 1 unspecified atom stereocenters. The Balaban J connectivity index is 2.50. The molecule has 1 aliphatic rings. The van der Waals surface area contributed by atoms with Gasteiger partial charge in [-0.25, -0.2) is 0 Å². The van der Waals surface area contributed by atoms with Gasteiger partial charge in [0.1, 0.15) is 0 Å². The van der Waals surface area contributed by atoms with Crippen molar-refractivity contribution in [3.05, 3.63) is 11.6 Å². The highest BCUT2D eigenvalue weighted by Gasteiger charge is 2.29. The molecule has 0 saturated heterocycles. The zero-order valence-corrected chi connectivity index (χ0v) is 13.7. The molecule has 0 aliphatic heterocycles. The Morgan fingerprint density at radius 3 is 2.33 bits per heavy atom. The molecule has 1 N–H and O–H groups in total. The van der Waals surface area contributed by atoms with Crippen LogP contribution in [0.3, 0.4) is 0 Å². The largest absolute Gasteiger partial charge is 0.481 e. The van der Waals surface area contributed by atoms with E-state index in [0.29, 0.717) is 9.84 Å². The zero-order valence-electron chi connectivity index (χ0n) is 11.5. The molecule has 104 valence electrons. The van der Waals surface area contributed by atoms with Crippen LogP contribution in [0.5, 0.6) is 0 Å². The van der Waals surface area contributed by atoms with Crippen LogP contribution in [0.15, 0.2) is 11.6 Å². The van der Waals surface area contributed by atoms with Crippen molar-refractivity contribution in [2.45, 2.75) is 62.7 Å². The predicted octanol–water partition coefficient (Wildman–Crippen LogP) is 4.82. The quantitative estimate of drug-likeness (QED) is 0.417. The topological polar surface area (TPSA) is 37.3 Å². The first-order chi connectivity index (χ1) is 8.60. The van der Waals surface area contributed by atoms with Crippen molar-refractivity contribution in [2.24, 2.45) is 11.8 Å². The van der Waals surface area contributed by atoms with E-state index in [-0.39, 0.29) is 5.92 Å². The molecule has 1 rings (SSSR count). The highest BCUT2D eigenvalue weighted by Crippen LogP contribution is 2.37. The third-order valence-corrected chi connectivity index (χ3v) is 5.40. The van der Waals surface area contributed by atoms with Gasteiger partial charge in [-0.1, -0.05) is 54.0 Å². The lowest BCUT2D eigenvalue weighted by Crippen LogP contribution is -2.24. The van der Waals surface area contributed by atoms with Crippen LogP contribution in [0.1, 0.15) is 58.8 Å². The number of rotatable bonds is 6. The molecule has 3 heteroatoms. The summed E-state index contributed by atoms with van der Waals surface area (Å²) in [6.07, 6.45) is 9.90. The van der Waals surface area contributed by atoms with Crippen LogP contribution in [-0.2, 0) is 4.79 Å². The van der Waals surface area contributed by atoms with Crippen LogP contribution in [0.4, 0.5) is 0 Å². The van der Waals surface area contributed by atoms with Gasteiger partial charge in [0.25, 0.3) is 0 Å². The van der Waals surface area contributed by atoms with Crippen molar-refractivity contribution in [1.82, 2.24) is 0 Å². The number of hydrogen-bond donors (Lipinski definition) is 1. The smallest absolute Gasteiger partial charge is 0.306 e. The number of allylic oxidation sites excluding steroid dienone is 2. The number of hydrogen-bond acceptors (Lipinski definition) is 1. The van der Waals surface area contributed by atoms with Gasteiger partial charge in [0.05, 0.1) is 5.92 Å². The van der Waals surface area contributed by atoms with E-state index in [4.69, 9.17) is 5.11 Å². The predicted molar refractivity (Wildman–Crippen MR) is 84.2 cm³/mol. The van der Waals surface area contributed by atoms with Gasteiger partial charge < -0.3 is 5.11 Å². The second kappa shape index (κ2) is 8.18. The number of halogens is 1. The highest BCUT2D eigenvalue weighted by molar-refractivity contribution is 14.1. The molecule has 0 bridgehead atoms.